The summed E-state index contributed by atoms with van der Waals surface area (Å²) in [6.07, 6.45) is 6.72. The second-order valence-electron chi connectivity index (χ2n) is 7.04. The molecule has 0 fully saturated rings. The van der Waals surface area contributed by atoms with Crippen LogP contribution in [-0.2, 0) is 6.54 Å². The van der Waals surface area contributed by atoms with Crippen molar-refractivity contribution in [2.45, 2.75) is 27.3 Å². The number of allylic oxidation sites excluding steroid dienone is 1. The van der Waals surface area contributed by atoms with Crippen LogP contribution >= 0.6 is 0 Å². The summed E-state index contributed by atoms with van der Waals surface area (Å²) in [6, 6.07) is 17.6. The number of rotatable bonds is 2. The Balaban J connectivity index is 1.85. The maximum atomic E-state index is 2.41. The van der Waals surface area contributed by atoms with Crippen molar-refractivity contribution < 1.29 is 4.57 Å². The first-order chi connectivity index (χ1) is 12.6. The third-order valence-corrected chi connectivity index (χ3v) is 5.26. The number of aryl methyl sites for hydroxylation is 3. The van der Waals surface area contributed by atoms with E-state index in [2.05, 4.69) is 104 Å². The van der Waals surface area contributed by atoms with Gasteiger partial charge in [0.15, 0.2) is 0 Å². The number of likely N-dealkylation sites (N-methyl/N-ethyl adjacent to an activating group) is 1. The fraction of sp³-hybridized carbons (Fsp3) is 0.208. The molecule has 0 atom stereocenters. The fourth-order valence-electron chi connectivity index (χ4n) is 3.88. The molecule has 3 aromatic rings. The summed E-state index contributed by atoms with van der Waals surface area (Å²) in [5.74, 6) is 0. The Morgan fingerprint density at radius 1 is 1.00 bits per heavy atom. The summed E-state index contributed by atoms with van der Waals surface area (Å²) in [4.78, 5) is 2.27. The van der Waals surface area contributed by atoms with Gasteiger partial charge in [0, 0.05) is 41.5 Å². The molecule has 0 unspecified atom stereocenters. The number of fused-ring (bicyclic) bond motifs is 2. The van der Waals surface area contributed by atoms with Crippen LogP contribution in [0.5, 0.6) is 0 Å². The fourth-order valence-corrected chi connectivity index (χ4v) is 3.88. The van der Waals surface area contributed by atoms with Crippen molar-refractivity contribution >= 4 is 28.7 Å². The quantitative estimate of drug-likeness (QED) is 0.576. The number of anilines is 1. The van der Waals surface area contributed by atoms with E-state index in [1.54, 1.807) is 0 Å². The molecule has 1 aromatic heterocycles. The number of nitrogens with zero attached hydrogens (tertiary/aromatic N) is 2. The van der Waals surface area contributed by atoms with Crippen molar-refractivity contribution in [2.24, 2.45) is 0 Å². The minimum Gasteiger partial charge on any atom is -0.344 e. The Labute approximate surface area is 155 Å². The smallest absolute Gasteiger partial charge is 0.215 e. The molecule has 2 heteroatoms. The van der Waals surface area contributed by atoms with Gasteiger partial charge >= 0.3 is 0 Å². The maximum Gasteiger partial charge on any atom is 0.215 e. The molecule has 0 saturated carbocycles. The third-order valence-electron chi connectivity index (χ3n) is 5.26. The van der Waals surface area contributed by atoms with Crippen LogP contribution in [0.4, 0.5) is 5.69 Å². The van der Waals surface area contributed by atoms with E-state index in [4.69, 9.17) is 0 Å². The molecule has 1 aliphatic heterocycles. The summed E-state index contributed by atoms with van der Waals surface area (Å²) in [6.45, 7) is 7.49. The lowest BCUT2D eigenvalue weighted by molar-refractivity contribution is -0.669. The van der Waals surface area contributed by atoms with Crippen LogP contribution in [0.25, 0.3) is 23.1 Å². The first-order valence-electron chi connectivity index (χ1n) is 9.25. The van der Waals surface area contributed by atoms with Crippen LogP contribution in [0.15, 0.2) is 60.3 Å². The van der Waals surface area contributed by atoms with Gasteiger partial charge in [0.1, 0.15) is 6.54 Å². The van der Waals surface area contributed by atoms with Crippen LogP contribution in [-0.4, -0.2) is 7.05 Å². The number of aromatic nitrogens is 1. The molecule has 0 amide bonds. The number of pyridine rings is 1. The Bertz CT molecular complexity index is 1060. The molecule has 4 rings (SSSR count). The molecule has 130 valence electrons. The molecule has 2 heterocycles. The number of hydrogen-bond acceptors (Lipinski definition) is 1. The standard InChI is InChI=1S/C24H25N2/c1-5-26-22(13-10-19-8-6-7-18(3)24(19)26)16-21-12-11-20-15-17(2)9-14-23(20)25(21)4/h6-16H,5H2,1-4H3/q+1. The van der Waals surface area contributed by atoms with Gasteiger partial charge in [-0.2, -0.15) is 4.57 Å². The summed E-state index contributed by atoms with van der Waals surface area (Å²) in [5.41, 5.74) is 8.91. The zero-order chi connectivity index (χ0) is 18.3. The van der Waals surface area contributed by atoms with Gasteiger partial charge in [0.25, 0.3) is 0 Å². The summed E-state index contributed by atoms with van der Waals surface area (Å²) in [7, 11) is 2.14. The second kappa shape index (κ2) is 6.45. The zero-order valence-corrected chi connectivity index (χ0v) is 16.0. The van der Waals surface area contributed by atoms with Gasteiger partial charge in [-0.05, 0) is 56.7 Å². The molecule has 0 aliphatic carbocycles. The average molecular weight is 341 g/mol. The second-order valence-corrected chi connectivity index (χ2v) is 7.04. The molecule has 0 saturated heterocycles. The summed E-state index contributed by atoms with van der Waals surface area (Å²) < 4.78 is 2.41. The molecule has 0 N–H and O–H groups in total. The zero-order valence-electron chi connectivity index (χ0n) is 16.0. The van der Waals surface area contributed by atoms with Crippen molar-refractivity contribution in [1.29, 1.82) is 0 Å². The van der Waals surface area contributed by atoms with E-state index in [1.165, 1.54) is 44.7 Å². The predicted molar refractivity (Wildman–Crippen MR) is 111 cm³/mol. The van der Waals surface area contributed by atoms with E-state index in [-0.39, 0.29) is 0 Å². The van der Waals surface area contributed by atoms with Gasteiger partial charge in [0.05, 0.1) is 0 Å². The van der Waals surface area contributed by atoms with Crippen molar-refractivity contribution in [3.8, 4) is 0 Å². The first kappa shape index (κ1) is 16.6. The molecule has 2 aromatic carbocycles. The number of hydrogen-bond donors (Lipinski definition) is 0. The molecule has 0 bridgehead atoms. The molecular weight excluding hydrogens is 316 g/mol. The highest BCUT2D eigenvalue weighted by atomic mass is 15.1. The molecule has 0 spiro atoms. The van der Waals surface area contributed by atoms with Crippen molar-refractivity contribution in [2.75, 3.05) is 11.9 Å². The lowest BCUT2D eigenvalue weighted by Crippen LogP contribution is -2.37. The van der Waals surface area contributed by atoms with Crippen molar-refractivity contribution in [3.05, 3.63) is 82.7 Å². The minimum atomic E-state index is 0.949. The molecule has 26 heavy (non-hydrogen) atoms. The highest BCUT2D eigenvalue weighted by Crippen LogP contribution is 2.31. The van der Waals surface area contributed by atoms with E-state index < -0.39 is 0 Å². The highest BCUT2D eigenvalue weighted by molar-refractivity contribution is 5.81. The van der Waals surface area contributed by atoms with Gasteiger partial charge in [-0.1, -0.05) is 29.8 Å². The van der Waals surface area contributed by atoms with Crippen molar-refractivity contribution in [3.63, 3.8) is 0 Å². The topological polar surface area (TPSA) is 7.12 Å². The highest BCUT2D eigenvalue weighted by Gasteiger charge is 2.18. The van der Waals surface area contributed by atoms with Crippen LogP contribution in [0, 0.1) is 13.8 Å². The summed E-state index contributed by atoms with van der Waals surface area (Å²) >= 11 is 0. The lowest BCUT2D eigenvalue weighted by Gasteiger charge is -2.26. The third kappa shape index (κ3) is 2.72. The van der Waals surface area contributed by atoms with Gasteiger partial charge < -0.3 is 4.90 Å². The minimum absolute atomic E-state index is 0.949. The van der Waals surface area contributed by atoms with Gasteiger partial charge in [-0.15, -0.1) is 0 Å². The van der Waals surface area contributed by atoms with E-state index >= 15 is 0 Å². The number of para-hydroxylation sites is 1. The van der Waals surface area contributed by atoms with Gasteiger partial charge in [-0.3, -0.25) is 0 Å². The lowest BCUT2D eigenvalue weighted by atomic mass is 10.0. The van der Waals surface area contributed by atoms with Crippen LogP contribution in [0.2, 0.25) is 0 Å². The van der Waals surface area contributed by atoms with Crippen LogP contribution < -0.4 is 9.47 Å². The average Bonchev–Trinajstić information content (AvgIpc) is 2.64. The molecule has 2 nitrogen and oxygen atoms in total. The van der Waals surface area contributed by atoms with Crippen LogP contribution in [0.1, 0.15) is 29.3 Å². The first-order valence-corrected chi connectivity index (χ1v) is 9.25. The molecule has 1 aliphatic rings. The van der Waals surface area contributed by atoms with E-state index in [0.29, 0.717) is 0 Å². The van der Waals surface area contributed by atoms with E-state index in [0.717, 1.165) is 6.54 Å². The van der Waals surface area contributed by atoms with Crippen molar-refractivity contribution in [1.82, 2.24) is 0 Å². The molecule has 0 radical (unpaired) electrons. The maximum absolute atomic E-state index is 2.41. The number of benzene rings is 2. The Kier molecular flexibility index (Phi) is 4.12. The Morgan fingerprint density at radius 2 is 1.85 bits per heavy atom. The van der Waals surface area contributed by atoms with Crippen LogP contribution in [0.3, 0.4) is 0 Å². The molecular formula is C24H25N2+. The predicted octanol–water partition coefficient (Wildman–Crippen LogP) is 5.27. The normalized spacial score (nSPS) is 14.9. The Morgan fingerprint density at radius 3 is 2.65 bits per heavy atom. The Hall–Kier alpha value is -2.87. The van der Waals surface area contributed by atoms with Gasteiger partial charge in [-0.25, -0.2) is 0 Å². The van der Waals surface area contributed by atoms with Gasteiger partial charge in [0.2, 0.25) is 11.2 Å². The van der Waals surface area contributed by atoms with E-state index in [9.17, 15) is 0 Å². The van der Waals surface area contributed by atoms with E-state index in [1.807, 2.05) is 0 Å². The SMILES string of the molecule is CC[n+]1c(/C=C2\C=Cc3cc(C)ccc3N2C)ccc2cccc(C)c21. The largest absolute Gasteiger partial charge is 0.344 e. The summed E-state index contributed by atoms with van der Waals surface area (Å²) in [5, 5.41) is 1.29. The monoisotopic (exact) mass is 341 g/mol.